The van der Waals surface area contributed by atoms with Crippen LogP contribution in [0.5, 0.6) is 5.75 Å². The number of carbonyl (C=O) groups is 1. The molecule has 1 amide bonds. The maximum absolute atomic E-state index is 12.3. The summed E-state index contributed by atoms with van der Waals surface area (Å²) in [6, 6.07) is 14.2. The number of hydrogen-bond donors (Lipinski definition) is 0. The molecule has 1 aliphatic rings. The molecule has 1 saturated heterocycles. The van der Waals surface area contributed by atoms with E-state index in [9.17, 15) is 4.79 Å². The molecular formula is C21H24N4O2S. The lowest BCUT2D eigenvalue weighted by Gasteiger charge is -2.14. The average molecular weight is 397 g/mol. The van der Waals surface area contributed by atoms with Gasteiger partial charge in [0.1, 0.15) is 12.4 Å². The molecule has 0 unspecified atom stereocenters. The van der Waals surface area contributed by atoms with Crippen molar-refractivity contribution in [1.82, 2.24) is 19.7 Å². The number of nitrogens with zero attached hydrogens (tertiary/aromatic N) is 4. The predicted molar refractivity (Wildman–Crippen MR) is 111 cm³/mol. The number of ether oxygens (including phenoxy) is 1. The molecule has 0 saturated carbocycles. The standard InChI is InChI=1S/C21H24N4O2S/c1-2-25-19(14-27-18-11-7-9-16-8-3-4-10-17(16)18)22-23-21(25)28-15-20(26)24-12-5-6-13-24/h3-4,7-11H,2,5-6,12-15H2,1H3. The summed E-state index contributed by atoms with van der Waals surface area (Å²) < 4.78 is 8.08. The van der Waals surface area contributed by atoms with Crippen LogP contribution in [-0.2, 0) is 17.9 Å². The van der Waals surface area contributed by atoms with Gasteiger partial charge in [0.2, 0.25) is 5.91 Å². The molecule has 0 atom stereocenters. The minimum Gasteiger partial charge on any atom is -0.485 e. The van der Waals surface area contributed by atoms with E-state index in [4.69, 9.17) is 4.74 Å². The van der Waals surface area contributed by atoms with Crippen molar-refractivity contribution in [2.45, 2.75) is 38.1 Å². The molecule has 6 nitrogen and oxygen atoms in total. The van der Waals surface area contributed by atoms with Crippen LogP contribution in [0.3, 0.4) is 0 Å². The summed E-state index contributed by atoms with van der Waals surface area (Å²) in [5, 5.41) is 11.6. The lowest BCUT2D eigenvalue weighted by Crippen LogP contribution is -2.29. The van der Waals surface area contributed by atoms with E-state index in [1.807, 2.05) is 33.7 Å². The molecule has 1 aliphatic heterocycles. The number of likely N-dealkylation sites (tertiary alicyclic amines) is 1. The summed E-state index contributed by atoms with van der Waals surface area (Å²) in [5.74, 6) is 2.19. The van der Waals surface area contributed by atoms with E-state index in [-0.39, 0.29) is 5.91 Å². The van der Waals surface area contributed by atoms with Gasteiger partial charge in [0.05, 0.1) is 5.75 Å². The molecule has 0 bridgehead atoms. The molecule has 7 heteroatoms. The monoisotopic (exact) mass is 396 g/mol. The number of fused-ring (bicyclic) bond motifs is 1. The van der Waals surface area contributed by atoms with Crippen LogP contribution < -0.4 is 4.74 Å². The molecule has 4 rings (SSSR count). The first-order valence-corrected chi connectivity index (χ1v) is 10.7. The third kappa shape index (κ3) is 3.99. The molecule has 3 aromatic rings. The molecule has 0 radical (unpaired) electrons. The van der Waals surface area contributed by atoms with Gasteiger partial charge in [0, 0.05) is 25.0 Å². The minimum atomic E-state index is 0.182. The van der Waals surface area contributed by atoms with Gasteiger partial charge in [0.25, 0.3) is 0 Å². The Bertz CT molecular complexity index is 961. The molecule has 2 aromatic carbocycles. The Labute approximate surface area is 168 Å². The van der Waals surface area contributed by atoms with E-state index >= 15 is 0 Å². The predicted octanol–water partition coefficient (Wildman–Crippen LogP) is 3.74. The molecule has 0 spiro atoms. The Morgan fingerprint density at radius 1 is 1.11 bits per heavy atom. The number of amides is 1. The second-order valence-corrected chi connectivity index (χ2v) is 7.73. The lowest BCUT2D eigenvalue weighted by atomic mass is 10.1. The topological polar surface area (TPSA) is 60.2 Å². The Morgan fingerprint density at radius 2 is 1.89 bits per heavy atom. The summed E-state index contributed by atoms with van der Waals surface area (Å²) in [6.07, 6.45) is 2.22. The largest absolute Gasteiger partial charge is 0.485 e. The highest BCUT2D eigenvalue weighted by Gasteiger charge is 2.20. The third-order valence-electron chi connectivity index (χ3n) is 5.00. The van der Waals surface area contributed by atoms with Gasteiger partial charge in [-0.25, -0.2) is 0 Å². The van der Waals surface area contributed by atoms with E-state index in [0.717, 1.165) is 60.0 Å². The highest BCUT2D eigenvalue weighted by Crippen LogP contribution is 2.26. The van der Waals surface area contributed by atoms with Gasteiger partial charge in [-0.1, -0.05) is 48.2 Å². The van der Waals surface area contributed by atoms with E-state index in [1.165, 1.54) is 11.8 Å². The normalized spacial score (nSPS) is 14.0. The number of carbonyl (C=O) groups excluding carboxylic acids is 1. The van der Waals surface area contributed by atoms with Gasteiger partial charge in [-0.3, -0.25) is 4.79 Å². The van der Waals surface area contributed by atoms with Crippen molar-refractivity contribution in [3.8, 4) is 5.75 Å². The summed E-state index contributed by atoms with van der Waals surface area (Å²) in [5.41, 5.74) is 0. The summed E-state index contributed by atoms with van der Waals surface area (Å²) in [4.78, 5) is 14.2. The Kier molecular flexibility index (Phi) is 5.81. The lowest BCUT2D eigenvalue weighted by molar-refractivity contribution is -0.127. The van der Waals surface area contributed by atoms with E-state index in [1.54, 1.807) is 0 Å². The van der Waals surface area contributed by atoms with Crippen LogP contribution >= 0.6 is 11.8 Å². The van der Waals surface area contributed by atoms with Crippen LogP contribution in [0.15, 0.2) is 47.6 Å². The SMILES string of the molecule is CCn1c(COc2cccc3ccccc23)nnc1SCC(=O)N1CCCC1. The van der Waals surface area contributed by atoms with Crippen LogP contribution in [-0.4, -0.2) is 44.4 Å². The number of rotatable bonds is 7. The van der Waals surface area contributed by atoms with Gasteiger partial charge in [-0.2, -0.15) is 0 Å². The van der Waals surface area contributed by atoms with Crippen molar-refractivity contribution in [3.63, 3.8) is 0 Å². The second-order valence-electron chi connectivity index (χ2n) is 6.79. The van der Waals surface area contributed by atoms with Crippen LogP contribution in [0.25, 0.3) is 10.8 Å². The van der Waals surface area contributed by atoms with Crippen molar-refractivity contribution in [1.29, 1.82) is 0 Å². The molecule has 28 heavy (non-hydrogen) atoms. The maximum Gasteiger partial charge on any atom is 0.233 e. The Balaban J connectivity index is 1.43. The van der Waals surface area contributed by atoms with Gasteiger partial charge in [-0.15, -0.1) is 10.2 Å². The zero-order valence-electron chi connectivity index (χ0n) is 16.0. The summed E-state index contributed by atoms with van der Waals surface area (Å²) in [7, 11) is 0. The third-order valence-corrected chi connectivity index (χ3v) is 5.95. The first-order chi connectivity index (χ1) is 13.8. The molecule has 1 aromatic heterocycles. The summed E-state index contributed by atoms with van der Waals surface area (Å²) >= 11 is 1.45. The smallest absolute Gasteiger partial charge is 0.233 e. The fraction of sp³-hybridized carbons (Fsp3) is 0.381. The van der Waals surface area contributed by atoms with Crippen molar-refractivity contribution >= 4 is 28.4 Å². The highest BCUT2D eigenvalue weighted by atomic mass is 32.2. The number of benzene rings is 2. The fourth-order valence-corrected chi connectivity index (χ4v) is 4.42. The van der Waals surface area contributed by atoms with Gasteiger partial charge < -0.3 is 14.2 Å². The fourth-order valence-electron chi connectivity index (χ4n) is 3.50. The second kappa shape index (κ2) is 8.65. The van der Waals surface area contributed by atoms with Crippen molar-refractivity contribution in [2.24, 2.45) is 0 Å². The molecular weight excluding hydrogens is 372 g/mol. The van der Waals surface area contributed by atoms with Crippen LogP contribution in [0.1, 0.15) is 25.6 Å². The zero-order valence-corrected chi connectivity index (χ0v) is 16.8. The van der Waals surface area contributed by atoms with Crippen molar-refractivity contribution in [2.75, 3.05) is 18.8 Å². The Morgan fingerprint density at radius 3 is 2.71 bits per heavy atom. The maximum atomic E-state index is 12.3. The number of thioether (sulfide) groups is 1. The molecule has 2 heterocycles. The quantitative estimate of drug-likeness (QED) is 0.569. The van der Waals surface area contributed by atoms with E-state index < -0.39 is 0 Å². The van der Waals surface area contributed by atoms with Crippen molar-refractivity contribution in [3.05, 3.63) is 48.3 Å². The zero-order chi connectivity index (χ0) is 19.3. The summed E-state index contributed by atoms with van der Waals surface area (Å²) in [6.45, 7) is 4.89. The van der Waals surface area contributed by atoms with Crippen LogP contribution in [0, 0.1) is 0 Å². The molecule has 146 valence electrons. The van der Waals surface area contributed by atoms with Gasteiger partial charge >= 0.3 is 0 Å². The van der Waals surface area contributed by atoms with Crippen molar-refractivity contribution < 1.29 is 9.53 Å². The van der Waals surface area contributed by atoms with Crippen LogP contribution in [0.4, 0.5) is 0 Å². The van der Waals surface area contributed by atoms with E-state index in [2.05, 4.69) is 35.3 Å². The minimum absolute atomic E-state index is 0.182. The molecule has 1 fully saturated rings. The molecule has 0 aliphatic carbocycles. The Hall–Kier alpha value is -2.54. The first kappa shape index (κ1) is 18.8. The van der Waals surface area contributed by atoms with Gasteiger partial charge in [-0.05, 0) is 31.2 Å². The van der Waals surface area contributed by atoms with Gasteiger partial charge in [0.15, 0.2) is 11.0 Å². The average Bonchev–Trinajstić information content (AvgIpc) is 3.40. The van der Waals surface area contributed by atoms with E-state index in [0.29, 0.717) is 12.4 Å². The number of aromatic nitrogens is 3. The van der Waals surface area contributed by atoms with Crippen LogP contribution in [0.2, 0.25) is 0 Å². The first-order valence-electron chi connectivity index (χ1n) is 9.69. The highest BCUT2D eigenvalue weighted by molar-refractivity contribution is 7.99. The number of hydrogen-bond acceptors (Lipinski definition) is 5. The molecule has 0 N–H and O–H groups in total.